The zero-order chi connectivity index (χ0) is 21.2. The van der Waals surface area contributed by atoms with E-state index in [1.165, 1.54) is 10.9 Å². The summed E-state index contributed by atoms with van der Waals surface area (Å²) in [5, 5.41) is 9.30. The highest BCUT2D eigenvalue weighted by Crippen LogP contribution is 2.36. The molecule has 1 aliphatic carbocycles. The van der Waals surface area contributed by atoms with Gasteiger partial charge in [0.1, 0.15) is 5.02 Å². The molecule has 1 atom stereocenters. The number of fused-ring (bicyclic) bond motifs is 1. The number of ether oxygens (including phenoxy) is 1. The average Bonchev–Trinajstić information content (AvgIpc) is 3.25. The summed E-state index contributed by atoms with van der Waals surface area (Å²) >= 11 is 6.44. The van der Waals surface area contributed by atoms with Crippen LogP contribution in [0.4, 0.5) is 5.69 Å². The van der Waals surface area contributed by atoms with E-state index in [1.807, 2.05) is 0 Å². The SMILES string of the molecule is O=c1c(Cl)c(NCC2CCCOC2)cnn1C1CCC(n2ccc3ccccc32)CC1. The molecule has 2 aromatic heterocycles. The number of benzene rings is 1. The lowest BCUT2D eigenvalue weighted by Gasteiger charge is -2.30. The second-order valence-electron chi connectivity index (χ2n) is 8.83. The Balaban J connectivity index is 1.25. The van der Waals surface area contributed by atoms with Crippen LogP contribution in [0.3, 0.4) is 0 Å². The summed E-state index contributed by atoms with van der Waals surface area (Å²) < 4.78 is 9.51. The average molecular weight is 441 g/mol. The van der Waals surface area contributed by atoms with E-state index in [9.17, 15) is 4.79 Å². The number of nitrogens with one attached hydrogen (secondary N) is 1. The summed E-state index contributed by atoms with van der Waals surface area (Å²) in [4.78, 5) is 12.9. The molecular formula is C24H29ClN4O2. The van der Waals surface area contributed by atoms with Crippen molar-refractivity contribution in [3.05, 3.63) is 58.1 Å². The second kappa shape index (κ2) is 9.05. The summed E-state index contributed by atoms with van der Waals surface area (Å²) in [6.45, 7) is 2.35. The molecule has 2 fully saturated rings. The smallest absolute Gasteiger partial charge is 0.287 e. The predicted molar refractivity (Wildman–Crippen MR) is 124 cm³/mol. The van der Waals surface area contributed by atoms with Crippen molar-refractivity contribution in [1.82, 2.24) is 14.3 Å². The molecule has 0 bridgehead atoms. The van der Waals surface area contributed by atoms with Gasteiger partial charge in [-0.15, -0.1) is 0 Å². The van der Waals surface area contributed by atoms with Gasteiger partial charge < -0.3 is 14.6 Å². The third kappa shape index (κ3) is 4.23. The van der Waals surface area contributed by atoms with Crippen LogP contribution in [0, 0.1) is 5.92 Å². The van der Waals surface area contributed by atoms with Crippen LogP contribution in [0.15, 0.2) is 47.5 Å². The first-order valence-electron chi connectivity index (χ1n) is 11.3. The van der Waals surface area contributed by atoms with Crippen molar-refractivity contribution in [3.8, 4) is 0 Å². The van der Waals surface area contributed by atoms with Crippen LogP contribution >= 0.6 is 11.6 Å². The van der Waals surface area contributed by atoms with E-state index >= 15 is 0 Å². The first kappa shape index (κ1) is 20.6. The molecule has 1 saturated heterocycles. The number of hydrogen-bond acceptors (Lipinski definition) is 4. The minimum Gasteiger partial charge on any atom is -0.382 e. The molecule has 0 spiro atoms. The maximum absolute atomic E-state index is 12.9. The highest BCUT2D eigenvalue weighted by molar-refractivity contribution is 6.32. The van der Waals surface area contributed by atoms with Crippen LogP contribution in [0.1, 0.15) is 50.6 Å². The number of hydrogen-bond donors (Lipinski definition) is 1. The first-order valence-corrected chi connectivity index (χ1v) is 11.7. The second-order valence-corrected chi connectivity index (χ2v) is 9.21. The van der Waals surface area contributed by atoms with Crippen molar-refractivity contribution in [2.75, 3.05) is 25.1 Å². The molecule has 1 unspecified atom stereocenters. The Bertz CT molecular complexity index is 1090. The molecule has 0 radical (unpaired) electrons. The van der Waals surface area contributed by atoms with Gasteiger partial charge in [-0.1, -0.05) is 29.8 Å². The van der Waals surface area contributed by atoms with Crippen molar-refractivity contribution in [2.24, 2.45) is 5.92 Å². The molecule has 1 saturated carbocycles. The van der Waals surface area contributed by atoms with Gasteiger partial charge in [0.25, 0.3) is 5.56 Å². The summed E-state index contributed by atoms with van der Waals surface area (Å²) in [7, 11) is 0. The predicted octanol–water partition coefficient (Wildman–Crippen LogP) is 5.05. The van der Waals surface area contributed by atoms with Crippen LogP contribution in [0.25, 0.3) is 10.9 Å². The molecule has 6 nitrogen and oxygen atoms in total. The molecule has 7 heteroatoms. The molecule has 2 aliphatic rings. The fraction of sp³-hybridized carbons (Fsp3) is 0.500. The van der Waals surface area contributed by atoms with E-state index in [0.29, 0.717) is 17.6 Å². The summed E-state index contributed by atoms with van der Waals surface area (Å²) in [5.41, 5.74) is 1.71. The Morgan fingerprint density at radius 3 is 2.71 bits per heavy atom. The fourth-order valence-corrected chi connectivity index (χ4v) is 5.26. The molecule has 1 aliphatic heterocycles. The zero-order valence-corrected chi connectivity index (χ0v) is 18.4. The summed E-state index contributed by atoms with van der Waals surface area (Å²) in [5.74, 6) is 0.451. The topological polar surface area (TPSA) is 61.1 Å². The van der Waals surface area contributed by atoms with E-state index in [2.05, 4.69) is 51.5 Å². The Kier molecular flexibility index (Phi) is 6.01. The number of halogens is 1. The number of rotatable bonds is 5. The van der Waals surface area contributed by atoms with Crippen molar-refractivity contribution in [3.63, 3.8) is 0 Å². The van der Waals surface area contributed by atoms with Gasteiger partial charge in [-0.2, -0.15) is 5.10 Å². The fourth-order valence-electron chi connectivity index (χ4n) is 5.05. The Labute approximate surface area is 187 Å². The van der Waals surface area contributed by atoms with Crippen LogP contribution in [0.2, 0.25) is 5.02 Å². The minimum atomic E-state index is -0.193. The molecule has 0 amide bonds. The van der Waals surface area contributed by atoms with Gasteiger partial charge in [0.05, 0.1) is 24.5 Å². The first-order chi connectivity index (χ1) is 15.2. The molecule has 164 valence electrons. The molecule has 5 rings (SSSR count). The molecule has 1 N–H and O–H groups in total. The number of nitrogens with zero attached hydrogens (tertiary/aromatic N) is 3. The van der Waals surface area contributed by atoms with Gasteiger partial charge in [0.15, 0.2) is 0 Å². The van der Waals surface area contributed by atoms with Gasteiger partial charge in [0.2, 0.25) is 0 Å². The standard InChI is InChI=1S/C24H29ClN4O2/c25-23-21(26-14-17-4-3-13-31-16-17)15-27-29(24(23)30)20-9-7-19(8-10-20)28-12-11-18-5-1-2-6-22(18)28/h1-2,5-6,11-12,15,17,19-20,26H,3-4,7-10,13-14,16H2. The molecule has 3 aromatic rings. The van der Waals surface area contributed by atoms with E-state index in [4.69, 9.17) is 16.3 Å². The highest BCUT2D eigenvalue weighted by atomic mass is 35.5. The zero-order valence-electron chi connectivity index (χ0n) is 17.7. The largest absolute Gasteiger partial charge is 0.382 e. The van der Waals surface area contributed by atoms with Crippen molar-refractivity contribution in [2.45, 2.75) is 50.6 Å². The van der Waals surface area contributed by atoms with Crippen LogP contribution < -0.4 is 10.9 Å². The van der Waals surface area contributed by atoms with E-state index in [-0.39, 0.29) is 16.6 Å². The van der Waals surface area contributed by atoms with Gasteiger partial charge in [-0.3, -0.25) is 4.79 Å². The molecule has 1 aromatic carbocycles. The lowest BCUT2D eigenvalue weighted by atomic mass is 9.91. The molecular weight excluding hydrogens is 412 g/mol. The maximum Gasteiger partial charge on any atom is 0.287 e. The van der Waals surface area contributed by atoms with E-state index < -0.39 is 0 Å². The summed E-state index contributed by atoms with van der Waals surface area (Å²) in [6.07, 6.45) is 10.0. The Morgan fingerprint density at radius 2 is 1.90 bits per heavy atom. The monoisotopic (exact) mass is 440 g/mol. The highest BCUT2D eigenvalue weighted by Gasteiger charge is 2.26. The number of anilines is 1. The number of para-hydroxylation sites is 1. The van der Waals surface area contributed by atoms with Gasteiger partial charge >= 0.3 is 0 Å². The Hall–Kier alpha value is -2.31. The van der Waals surface area contributed by atoms with Crippen molar-refractivity contribution >= 4 is 28.2 Å². The lowest BCUT2D eigenvalue weighted by molar-refractivity contribution is 0.0595. The van der Waals surface area contributed by atoms with Crippen LogP contribution in [-0.4, -0.2) is 34.1 Å². The Morgan fingerprint density at radius 1 is 1.10 bits per heavy atom. The number of aromatic nitrogens is 3. The quantitative estimate of drug-likeness (QED) is 0.603. The van der Waals surface area contributed by atoms with Crippen molar-refractivity contribution in [1.29, 1.82) is 0 Å². The minimum absolute atomic E-state index is 0.101. The van der Waals surface area contributed by atoms with Gasteiger partial charge in [-0.25, -0.2) is 4.68 Å². The van der Waals surface area contributed by atoms with E-state index in [1.54, 1.807) is 10.9 Å². The third-order valence-electron chi connectivity index (χ3n) is 6.81. The third-order valence-corrected chi connectivity index (χ3v) is 7.18. The molecule has 3 heterocycles. The normalized spacial score (nSPS) is 24.4. The maximum atomic E-state index is 12.9. The lowest BCUT2D eigenvalue weighted by Crippen LogP contribution is -2.32. The molecule has 31 heavy (non-hydrogen) atoms. The van der Waals surface area contributed by atoms with Crippen LogP contribution in [0.5, 0.6) is 0 Å². The van der Waals surface area contributed by atoms with E-state index in [0.717, 1.165) is 58.3 Å². The van der Waals surface area contributed by atoms with Gasteiger partial charge in [0, 0.05) is 30.9 Å². The summed E-state index contributed by atoms with van der Waals surface area (Å²) in [6, 6.07) is 11.2. The van der Waals surface area contributed by atoms with Crippen molar-refractivity contribution < 1.29 is 4.74 Å². The van der Waals surface area contributed by atoms with Crippen LogP contribution in [-0.2, 0) is 4.74 Å². The van der Waals surface area contributed by atoms with Gasteiger partial charge in [-0.05, 0) is 62.0 Å².